The standard InChI is InChI=1S/C6H2N8O5/c7-5-3(10-18-12-5)1-2(9-17-8-1)4-6(14(15)16)13-19-11-4/h(H2,7,12). The van der Waals surface area contributed by atoms with Gasteiger partial charge in [0.25, 0.3) is 0 Å². The summed E-state index contributed by atoms with van der Waals surface area (Å²) in [5.74, 6) is -0.733. The third-order valence-electron chi connectivity index (χ3n) is 2.10. The van der Waals surface area contributed by atoms with Gasteiger partial charge in [0.1, 0.15) is 0 Å². The van der Waals surface area contributed by atoms with Crippen LogP contribution in [0.15, 0.2) is 13.9 Å². The molecule has 0 saturated carbocycles. The van der Waals surface area contributed by atoms with Crippen LogP contribution in [0.2, 0.25) is 0 Å². The lowest BCUT2D eigenvalue weighted by molar-refractivity contribution is -0.390. The van der Waals surface area contributed by atoms with Crippen LogP contribution in [-0.4, -0.2) is 35.9 Å². The monoisotopic (exact) mass is 266 g/mol. The number of anilines is 1. The smallest absolute Gasteiger partial charge is 0.379 e. The van der Waals surface area contributed by atoms with Gasteiger partial charge in [-0.1, -0.05) is 0 Å². The molecule has 13 nitrogen and oxygen atoms in total. The molecule has 3 heterocycles. The maximum absolute atomic E-state index is 10.7. The summed E-state index contributed by atoms with van der Waals surface area (Å²) in [4.78, 5) is 9.94. The van der Waals surface area contributed by atoms with E-state index >= 15 is 0 Å². The third-order valence-corrected chi connectivity index (χ3v) is 2.10. The van der Waals surface area contributed by atoms with E-state index in [0.717, 1.165) is 0 Å². The number of nitro groups is 1. The normalized spacial score (nSPS) is 10.7. The van der Waals surface area contributed by atoms with Crippen LogP contribution in [0.4, 0.5) is 11.6 Å². The Morgan fingerprint density at radius 3 is 2.00 bits per heavy atom. The van der Waals surface area contributed by atoms with Crippen LogP contribution in [0.1, 0.15) is 0 Å². The number of nitrogen functional groups attached to an aromatic ring is 1. The van der Waals surface area contributed by atoms with Crippen molar-refractivity contribution in [2.24, 2.45) is 0 Å². The first-order valence-electron chi connectivity index (χ1n) is 4.56. The van der Waals surface area contributed by atoms with Crippen molar-refractivity contribution in [2.45, 2.75) is 0 Å². The number of hydrogen-bond acceptors (Lipinski definition) is 12. The molecular weight excluding hydrogens is 264 g/mol. The van der Waals surface area contributed by atoms with E-state index in [4.69, 9.17) is 5.73 Å². The zero-order chi connectivity index (χ0) is 13.4. The number of hydrogen-bond donors (Lipinski definition) is 1. The molecule has 96 valence electrons. The average Bonchev–Trinajstić information content (AvgIpc) is 3.06. The first kappa shape index (κ1) is 10.8. The maximum Gasteiger partial charge on any atom is 0.444 e. The predicted molar refractivity (Wildman–Crippen MR) is 51.9 cm³/mol. The van der Waals surface area contributed by atoms with Crippen molar-refractivity contribution >= 4 is 11.6 Å². The van der Waals surface area contributed by atoms with E-state index < -0.39 is 10.7 Å². The van der Waals surface area contributed by atoms with Gasteiger partial charge >= 0.3 is 5.82 Å². The molecule has 3 aromatic heterocycles. The fourth-order valence-corrected chi connectivity index (χ4v) is 1.31. The SMILES string of the molecule is Nc1nonc1-c1nonc1-c1nonc1[N+](=O)[O-]. The molecule has 0 aliphatic carbocycles. The van der Waals surface area contributed by atoms with E-state index in [9.17, 15) is 10.1 Å². The summed E-state index contributed by atoms with van der Waals surface area (Å²) in [6.07, 6.45) is 0. The van der Waals surface area contributed by atoms with Gasteiger partial charge in [-0.2, -0.15) is 0 Å². The fourth-order valence-electron chi connectivity index (χ4n) is 1.31. The maximum atomic E-state index is 10.7. The van der Waals surface area contributed by atoms with Gasteiger partial charge in [-0.25, -0.2) is 9.26 Å². The molecule has 19 heavy (non-hydrogen) atoms. The Balaban J connectivity index is 2.18. The van der Waals surface area contributed by atoms with E-state index in [-0.39, 0.29) is 28.6 Å². The zero-order valence-corrected chi connectivity index (χ0v) is 8.75. The number of aromatic nitrogens is 6. The second kappa shape index (κ2) is 3.83. The van der Waals surface area contributed by atoms with Gasteiger partial charge in [0.15, 0.2) is 28.1 Å². The Morgan fingerprint density at radius 2 is 1.37 bits per heavy atom. The van der Waals surface area contributed by atoms with Gasteiger partial charge in [0.05, 0.1) is 0 Å². The fraction of sp³-hybridized carbons (Fsp3) is 0. The average molecular weight is 266 g/mol. The Hall–Kier alpha value is -3.38. The zero-order valence-electron chi connectivity index (χ0n) is 8.75. The molecule has 0 amide bonds. The summed E-state index contributed by atoms with van der Waals surface area (Å²) in [7, 11) is 0. The minimum atomic E-state index is -0.797. The summed E-state index contributed by atoms with van der Waals surface area (Å²) in [5.41, 5.74) is 5.07. The summed E-state index contributed by atoms with van der Waals surface area (Å²) in [6.45, 7) is 0. The molecular formula is C6H2N8O5. The molecule has 3 aromatic rings. The highest BCUT2D eigenvalue weighted by Gasteiger charge is 2.31. The van der Waals surface area contributed by atoms with Crippen LogP contribution in [0.25, 0.3) is 22.8 Å². The largest absolute Gasteiger partial charge is 0.444 e. The first-order chi connectivity index (χ1) is 9.18. The quantitative estimate of drug-likeness (QED) is 0.480. The predicted octanol–water partition coefficient (Wildman–Crippen LogP) is -0.340. The highest BCUT2D eigenvalue weighted by atomic mass is 16.6. The van der Waals surface area contributed by atoms with Gasteiger partial charge in [-0.15, -0.1) is 4.63 Å². The third kappa shape index (κ3) is 1.56. The molecule has 0 spiro atoms. The highest BCUT2D eigenvalue weighted by molar-refractivity contribution is 5.80. The van der Waals surface area contributed by atoms with Gasteiger partial charge in [0.2, 0.25) is 5.69 Å². The lowest BCUT2D eigenvalue weighted by Gasteiger charge is -1.91. The molecule has 0 atom stereocenters. The van der Waals surface area contributed by atoms with Crippen molar-refractivity contribution in [3.63, 3.8) is 0 Å². The van der Waals surface area contributed by atoms with E-state index in [0.29, 0.717) is 0 Å². The van der Waals surface area contributed by atoms with Gasteiger partial charge in [0, 0.05) is 0 Å². The molecule has 0 bridgehead atoms. The molecule has 0 fully saturated rings. The van der Waals surface area contributed by atoms with Crippen LogP contribution in [0.3, 0.4) is 0 Å². The van der Waals surface area contributed by atoms with Crippen molar-refractivity contribution in [3.05, 3.63) is 10.1 Å². The van der Waals surface area contributed by atoms with Gasteiger partial charge < -0.3 is 15.8 Å². The Kier molecular flexibility index (Phi) is 2.17. The van der Waals surface area contributed by atoms with Crippen LogP contribution in [-0.2, 0) is 0 Å². The lowest BCUT2D eigenvalue weighted by Crippen LogP contribution is -1.94. The molecule has 0 aliphatic heterocycles. The van der Waals surface area contributed by atoms with Crippen LogP contribution < -0.4 is 5.73 Å². The van der Waals surface area contributed by atoms with Gasteiger partial charge in [-0.05, 0) is 30.7 Å². The van der Waals surface area contributed by atoms with Gasteiger partial charge in [-0.3, -0.25) is 0 Å². The van der Waals surface area contributed by atoms with E-state index in [2.05, 4.69) is 44.8 Å². The van der Waals surface area contributed by atoms with E-state index in [1.165, 1.54) is 0 Å². The van der Waals surface area contributed by atoms with Crippen LogP contribution in [0.5, 0.6) is 0 Å². The molecule has 13 heteroatoms. The van der Waals surface area contributed by atoms with Crippen molar-refractivity contribution in [1.82, 2.24) is 30.9 Å². The Morgan fingerprint density at radius 1 is 0.842 bits per heavy atom. The summed E-state index contributed by atoms with van der Waals surface area (Å²) in [6, 6.07) is 0. The molecule has 0 aromatic carbocycles. The summed E-state index contributed by atoms with van der Waals surface area (Å²) >= 11 is 0. The van der Waals surface area contributed by atoms with E-state index in [1.54, 1.807) is 0 Å². The first-order valence-corrected chi connectivity index (χ1v) is 4.56. The summed E-state index contributed by atoms with van der Waals surface area (Å²) < 4.78 is 13.2. The topological polar surface area (TPSA) is 186 Å². The van der Waals surface area contributed by atoms with Crippen molar-refractivity contribution in [1.29, 1.82) is 0 Å². The van der Waals surface area contributed by atoms with Crippen molar-refractivity contribution in [3.8, 4) is 22.8 Å². The lowest BCUT2D eigenvalue weighted by atomic mass is 10.2. The second-order valence-corrected chi connectivity index (χ2v) is 3.15. The second-order valence-electron chi connectivity index (χ2n) is 3.15. The molecule has 2 N–H and O–H groups in total. The minimum Gasteiger partial charge on any atom is -0.379 e. The van der Waals surface area contributed by atoms with Crippen molar-refractivity contribution in [2.75, 3.05) is 5.73 Å². The van der Waals surface area contributed by atoms with Crippen LogP contribution >= 0.6 is 0 Å². The molecule has 3 rings (SSSR count). The highest BCUT2D eigenvalue weighted by Crippen LogP contribution is 2.33. The molecule has 0 aliphatic rings. The number of rotatable bonds is 3. The van der Waals surface area contributed by atoms with E-state index in [1.807, 2.05) is 0 Å². The van der Waals surface area contributed by atoms with Crippen molar-refractivity contribution < 1.29 is 18.8 Å². The number of nitrogens with zero attached hydrogens (tertiary/aromatic N) is 7. The number of nitrogens with two attached hydrogens (primary N) is 1. The Labute approximate surface area is 101 Å². The van der Waals surface area contributed by atoms with Crippen LogP contribution in [0, 0.1) is 10.1 Å². The molecule has 0 radical (unpaired) electrons. The Bertz CT molecular complexity index is 742. The minimum absolute atomic E-state index is 0.00791. The summed E-state index contributed by atoms with van der Waals surface area (Å²) in [5, 5.41) is 31.1. The molecule has 0 saturated heterocycles. The molecule has 0 unspecified atom stereocenters.